The Labute approximate surface area is 154 Å². The molecule has 5 nitrogen and oxygen atoms in total. The van der Waals surface area contributed by atoms with Crippen LogP contribution < -0.4 is 4.90 Å². The molecule has 2 aliphatic rings. The first kappa shape index (κ1) is 18.5. The number of aromatic nitrogens is 1. The highest BCUT2D eigenvalue weighted by molar-refractivity contribution is 7.16. The number of hydrogen-bond acceptors (Lipinski definition) is 5. The number of rotatable bonds is 7. The predicted molar refractivity (Wildman–Crippen MR) is 100 cm³/mol. The van der Waals surface area contributed by atoms with Crippen molar-refractivity contribution < 1.29 is 14.3 Å². The van der Waals surface area contributed by atoms with Crippen LogP contribution in [0.4, 0.5) is 5.13 Å². The Balaban J connectivity index is 1.63. The molecule has 138 valence electrons. The molecular formula is C19H28N2O3S. The second-order valence-corrected chi connectivity index (χ2v) is 7.84. The Morgan fingerprint density at radius 1 is 1.44 bits per heavy atom. The van der Waals surface area contributed by atoms with Crippen LogP contribution in [0.5, 0.6) is 0 Å². The summed E-state index contributed by atoms with van der Waals surface area (Å²) < 4.78 is 11.5. The molecule has 0 spiro atoms. The van der Waals surface area contributed by atoms with Gasteiger partial charge in [-0.2, -0.15) is 0 Å². The maximum absolute atomic E-state index is 12.9. The zero-order chi connectivity index (χ0) is 17.6. The quantitative estimate of drug-likeness (QED) is 0.695. The lowest BCUT2D eigenvalue weighted by Crippen LogP contribution is -2.40. The Morgan fingerprint density at radius 3 is 3.00 bits per heavy atom. The van der Waals surface area contributed by atoms with Crippen molar-refractivity contribution in [2.45, 2.75) is 64.1 Å². The Bertz CT molecular complexity index is 572. The first-order chi connectivity index (χ1) is 12.2. The number of anilines is 1. The number of carbonyl (C=O) groups excluding carboxylic acids is 1. The summed E-state index contributed by atoms with van der Waals surface area (Å²) in [6.07, 6.45) is 9.15. The average molecular weight is 365 g/mol. The SMILES string of the molecule is C=CCN(C(=O)C(C)OCC1CCCCO1)c1nc2c(s1)CCCC2. The van der Waals surface area contributed by atoms with E-state index in [0.717, 1.165) is 43.1 Å². The van der Waals surface area contributed by atoms with Crippen LogP contribution in [0.2, 0.25) is 0 Å². The van der Waals surface area contributed by atoms with E-state index in [1.54, 1.807) is 22.3 Å². The maximum Gasteiger partial charge on any atom is 0.257 e. The molecule has 1 aliphatic carbocycles. The molecule has 1 aromatic rings. The molecular weight excluding hydrogens is 336 g/mol. The summed E-state index contributed by atoms with van der Waals surface area (Å²) in [7, 11) is 0. The molecule has 1 fully saturated rings. The predicted octanol–water partition coefficient (Wildman–Crippen LogP) is 3.52. The van der Waals surface area contributed by atoms with Gasteiger partial charge in [-0.25, -0.2) is 4.98 Å². The van der Waals surface area contributed by atoms with Gasteiger partial charge in [0.25, 0.3) is 5.91 Å². The van der Waals surface area contributed by atoms with Crippen LogP contribution in [-0.2, 0) is 27.1 Å². The van der Waals surface area contributed by atoms with Gasteiger partial charge >= 0.3 is 0 Å². The summed E-state index contributed by atoms with van der Waals surface area (Å²) in [5.74, 6) is -0.0539. The van der Waals surface area contributed by atoms with Gasteiger partial charge in [-0.05, 0) is 51.9 Å². The molecule has 25 heavy (non-hydrogen) atoms. The van der Waals surface area contributed by atoms with Gasteiger partial charge in [0.2, 0.25) is 0 Å². The lowest BCUT2D eigenvalue weighted by molar-refractivity contribution is -0.132. The van der Waals surface area contributed by atoms with Crippen LogP contribution in [0.25, 0.3) is 0 Å². The van der Waals surface area contributed by atoms with Gasteiger partial charge in [-0.1, -0.05) is 6.08 Å². The van der Waals surface area contributed by atoms with E-state index in [4.69, 9.17) is 14.5 Å². The maximum atomic E-state index is 12.9. The molecule has 1 aliphatic heterocycles. The highest BCUT2D eigenvalue weighted by Crippen LogP contribution is 2.32. The van der Waals surface area contributed by atoms with Crippen molar-refractivity contribution in [3.8, 4) is 0 Å². The minimum Gasteiger partial charge on any atom is -0.376 e. The molecule has 0 radical (unpaired) electrons. The number of amides is 1. The van der Waals surface area contributed by atoms with Crippen molar-refractivity contribution in [2.24, 2.45) is 0 Å². The van der Waals surface area contributed by atoms with Gasteiger partial charge in [-0.15, -0.1) is 17.9 Å². The summed E-state index contributed by atoms with van der Waals surface area (Å²) in [5.41, 5.74) is 1.16. The fourth-order valence-corrected chi connectivity index (χ4v) is 4.49. The fourth-order valence-electron chi connectivity index (χ4n) is 3.33. The summed E-state index contributed by atoms with van der Waals surface area (Å²) >= 11 is 1.64. The number of aryl methyl sites for hydroxylation is 2. The van der Waals surface area contributed by atoms with Gasteiger partial charge in [0.15, 0.2) is 5.13 Å². The summed E-state index contributed by atoms with van der Waals surface area (Å²) in [5, 5.41) is 0.779. The van der Waals surface area contributed by atoms with Crippen LogP contribution in [0.1, 0.15) is 49.6 Å². The number of ether oxygens (including phenoxy) is 2. The van der Waals surface area contributed by atoms with Gasteiger partial charge in [0.1, 0.15) is 6.10 Å². The van der Waals surface area contributed by atoms with Gasteiger partial charge in [0, 0.05) is 18.0 Å². The minimum absolute atomic E-state index is 0.0539. The van der Waals surface area contributed by atoms with E-state index < -0.39 is 6.10 Å². The lowest BCUT2D eigenvalue weighted by atomic mass is 10.0. The molecule has 1 saturated heterocycles. The third-order valence-electron chi connectivity index (χ3n) is 4.80. The number of fused-ring (bicyclic) bond motifs is 1. The minimum atomic E-state index is -0.508. The standard InChI is InChI=1S/C19H28N2O3S/c1-3-11-21(19-20-16-9-4-5-10-17(16)25-19)18(22)14(2)24-13-15-8-6-7-12-23-15/h3,14-15H,1,4-13H2,2H3. The zero-order valence-corrected chi connectivity index (χ0v) is 15.9. The van der Waals surface area contributed by atoms with Gasteiger partial charge in [0.05, 0.1) is 18.4 Å². The van der Waals surface area contributed by atoms with E-state index in [1.165, 1.54) is 24.1 Å². The number of thiazole rings is 1. The first-order valence-corrected chi connectivity index (χ1v) is 10.1. The molecule has 6 heteroatoms. The highest BCUT2D eigenvalue weighted by Gasteiger charge is 2.27. The van der Waals surface area contributed by atoms with Crippen LogP contribution in [-0.4, -0.2) is 42.9 Å². The molecule has 2 unspecified atom stereocenters. The highest BCUT2D eigenvalue weighted by atomic mass is 32.1. The lowest BCUT2D eigenvalue weighted by Gasteiger charge is -2.26. The normalized spacial score (nSPS) is 21.4. The third kappa shape index (κ3) is 4.68. The molecule has 0 saturated carbocycles. The fraction of sp³-hybridized carbons (Fsp3) is 0.684. The van der Waals surface area contributed by atoms with Crippen LogP contribution in [0.15, 0.2) is 12.7 Å². The van der Waals surface area contributed by atoms with Crippen molar-refractivity contribution in [3.63, 3.8) is 0 Å². The van der Waals surface area contributed by atoms with Crippen molar-refractivity contribution in [1.82, 2.24) is 4.98 Å². The van der Waals surface area contributed by atoms with E-state index in [2.05, 4.69) is 6.58 Å². The average Bonchev–Trinajstić information content (AvgIpc) is 3.08. The number of carbonyl (C=O) groups is 1. The Hall–Kier alpha value is -1.24. The van der Waals surface area contributed by atoms with Gasteiger partial charge < -0.3 is 9.47 Å². The number of hydrogen-bond donors (Lipinski definition) is 0. The smallest absolute Gasteiger partial charge is 0.257 e. The second-order valence-electron chi connectivity index (χ2n) is 6.78. The van der Waals surface area contributed by atoms with E-state index in [0.29, 0.717) is 13.2 Å². The molecule has 3 rings (SSSR count). The van der Waals surface area contributed by atoms with Crippen LogP contribution in [0, 0.1) is 0 Å². The Morgan fingerprint density at radius 2 is 2.28 bits per heavy atom. The largest absolute Gasteiger partial charge is 0.376 e. The second kappa shape index (κ2) is 8.92. The molecule has 0 N–H and O–H groups in total. The monoisotopic (exact) mass is 364 g/mol. The van der Waals surface area contributed by atoms with E-state index in [-0.39, 0.29) is 12.0 Å². The molecule has 1 amide bonds. The molecule has 0 bridgehead atoms. The third-order valence-corrected chi connectivity index (χ3v) is 5.98. The van der Waals surface area contributed by atoms with Crippen molar-refractivity contribution in [1.29, 1.82) is 0 Å². The first-order valence-electron chi connectivity index (χ1n) is 9.33. The summed E-state index contributed by atoms with van der Waals surface area (Å²) in [6.45, 7) is 7.33. The molecule has 0 aromatic carbocycles. The summed E-state index contributed by atoms with van der Waals surface area (Å²) in [6, 6.07) is 0. The van der Waals surface area contributed by atoms with Gasteiger partial charge in [-0.3, -0.25) is 9.69 Å². The molecule has 2 atom stereocenters. The molecule has 1 aromatic heterocycles. The van der Waals surface area contributed by atoms with Crippen molar-refractivity contribution in [3.05, 3.63) is 23.2 Å². The topological polar surface area (TPSA) is 51.7 Å². The van der Waals surface area contributed by atoms with Crippen LogP contribution >= 0.6 is 11.3 Å². The van der Waals surface area contributed by atoms with E-state index in [9.17, 15) is 4.79 Å². The van der Waals surface area contributed by atoms with E-state index >= 15 is 0 Å². The Kier molecular flexibility index (Phi) is 6.62. The van der Waals surface area contributed by atoms with E-state index in [1.807, 2.05) is 6.92 Å². The molecule has 2 heterocycles. The van der Waals surface area contributed by atoms with Crippen molar-refractivity contribution in [2.75, 3.05) is 24.7 Å². The number of nitrogens with zero attached hydrogens (tertiary/aromatic N) is 2. The van der Waals surface area contributed by atoms with Crippen LogP contribution in [0.3, 0.4) is 0 Å². The zero-order valence-electron chi connectivity index (χ0n) is 15.0. The summed E-state index contributed by atoms with van der Waals surface area (Å²) in [4.78, 5) is 20.7. The van der Waals surface area contributed by atoms with Crippen molar-refractivity contribution >= 4 is 22.4 Å².